The van der Waals surface area contributed by atoms with E-state index in [-0.39, 0.29) is 5.56 Å². The van der Waals surface area contributed by atoms with Crippen LogP contribution in [0.1, 0.15) is 21.7 Å². The molecule has 1 aromatic carbocycles. The lowest BCUT2D eigenvalue weighted by molar-refractivity contribution is 0.0696. The van der Waals surface area contributed by atoms with E-state index in [0.717, 1.165) is 11.4 Å². The maximum atomic E-state index is 10.8. The molecule has 0 aliphatic carbocycles. The molecule has 1 aromatic heterocycles. The number of ether oxygens (including phenoxy) is 1. The van der Waals surface area contributed by atoms with Gasteiger partial charge in [-0.05, 0) is 44.2 Å². The van der Waals surface area contributed by atoms with Gasteiger partial charge in [0.05, 0.1) is 12.1 Å². The van der Waals surface area contributed by atoms with Gasteiger partial charge < -0.3 is 15.3 Å². The molecule has 0 amide bonds. The first-order chi connectivity index (χ1) is 9.58. The predicted molar refractivity (Wildman–Crippen MR) is 77.0 cm³/mol. The summed E-state index contributed by atoms with van der Waals surface area (Å²) in [5.74, 6) is -0.389. The molecule has 5 heteroatoms. The van der Waals surface area contributed by atoms with Crippen molar-refractivity contribution in [3.8, 4) is 5.75 Å². The molecule has 0 atom stereocenters. The number of nitrogens with one attached hydrogen (secondary N) is 1. The fourth-order valence-corrected chi connectivity index (χ4v) is 1.96. The van der Waals surface area contributed by atoms with E-state index in [9.17, 15) is 4.79 Å². The molecule has 5 nitrogen and oxygen atoms in total. The van der Waals surface area contributed by atoms with E-state index in [4.69, 9.17) is 9.84 Å². The largest absolute Gasteiger partial charge is 0.492 e. The number of aryl methyl sites for hydroxylation is 2. The molecule has 2 aromatic rings. The van der Waals surface area contributed by atoms with E-state index in [2.05, 4.69) is 5.43 Å². The number of rotatable bonds is 6. The Hall–Kier alpha value is -2.43. The molecule has 0 radical (unpaired) electrons. The lowest BCUT2D eigenvalue weighted by Crippen LogP contribution is -2.22. The van der Waals surface area contributed by atoms with Crippen molar-refractivity contribution < 1.29 is 14.6 Å². The van der Waals surface area contributed by atoms with Crippen LogP contribution in [0.15, 0.2) is 36.4 Å². The van der Waals surface area contributed by atoms with Crippen LogP contribution in [0.3, 0.4) is 0 Å². The van der Waals surface area contributed by atoms with E-state index in [1.165, 1.54) is 6.07 Å². The zero-order valence-electron chi connectivity index (χ0n) is 11.6. The molecule has 0 fully saturated rings. The summed E-state index contributed by atoms with van der Waals surface area (Å²) in [6.07, 6.45) is 0. The summed E-state index contributed by atoms with van der Waals surface area (Å²) < 4.78 is 7.53. The Kier molecular flexibility index (Phi) is 4.30. The quantitative estimate of drug-likeness (QED) is 0.794. The highest BCUT2D eigenvalue weighted by molar-refractivity contribution is 5.87. The van der Waals surface area contributed by atoms with Crippen LogP contribution in [0, 0.1) is 13.8 Å². The SMILES string of the molecule is Cc1ccc(C)n1NCCOc1cccc(C(=O)O)c1. The number of benzene rings is 1. The highest BCUT2D eigenvalue weighted by atomic mass is 16.5. The molecule has 106 valence electrons. The highest BCUT2D eigenvalue weighted by Crippen LogP contribution is 2.13. The van der Waals surface area contributed by atoms with Gasteiger partial charge >= 0.3 is 5.97 Å². The van der Waals surface area contributed by atoms with E-state index in [1.54, 1.807) is 18.2 Å². The summed E-state index contributed by atoms with van der Waals surface area (Å²) in [7, 11) is 0. The average Bonchev–Trinajstić information content (AvgIpc) is 2.75. The monoisotopic (exact) mass is 274 g/mol. The second-order valence-corrected chi connectivity index (χ2v) is 4.54. The highest BCUT2D eigenvalue weighted by Gasteiger charge is 2.04. The summed E-state index contributed by atoms with van der Waals surface area (Å²) in [4.78, 5) is 10.8. The number of hydrogen-bond acceptors (Lipinski definition) is 3. The topological polar surface area (TPSA) is 63.5 Å². The normalized spacial score (nSPS) is 10.3. The smallest absolute Gasteiger partial charge is 0.335 e. The van der Waals surface area contributed by atoms with Crippen molar-refractivity contribution in [3.63, 3.8) is 0 Å². The second-order valence-electron chi connectivity index (χ2n) is 4.54. The molecular formula is C15H18N2O3. The van der Waals surface area contributed by atoms with Gasteiger partial charge in [-0.2, -0.15) is 0 Å². The van der Waals surface area contributed by atoms with Gasteiger partial charge in [0.2, 0.25) is 0 Å². The number of aromatic nitrogens is 1. The Labute approximate surface area is 117 Å². The number of nitrogens with zero attached hydrogens (tertiary/aromatic N) is 1. The maximum absolute atomic E-state index is 10.8. The predicted octanol–water partition coefficient (Wildman–Crippen LogP) is 2.43. The van der Waals surface area contributed by atoms with Crippen molar-refractivity contribution in [2.45, 2.75) is 13.8 Å². The number of hydrogen-bond donors (Lipinski definition) is 2. The first-order valence-electron chi connectivity index (χ1n) is 6.43. The second kappa shape index (κ2) is 6.14. The van der Waals surface area contributed by atoms with Crippen LogP contribution in [0.5, 0.6) is 5.75 Å². The third kappa shape index (κ3) is 3.32. The van der Waals surface area contributed by atoms with Crippen molar-refractivity contribution in [1.82, 2.24) is 4.68 Å². The van der Waals surface area contributed by atoms with Crippen LogP contribution < -0.4 is 10.2 Å². The average molecular weight is 274 g/mol. The number of carbonyl (C=O) groups is 1. The minimum absolute atomic E-state index is 0.229. The van der Waals surface area contributed by atoms with Crippen molar-refractivity contribution in [2.24, 2.45) is 0 Å². The lowest BCUT2D eigenvalue weighted by Gasteiger charge is -2.13. The molecule has 20 heavy (non-hydrogen) atoms. The van der Waals surface area contributed by atoms with Crippen molar-refractivity contribution >= 4 is 5.97 Å². The third-order valence-electron chi connectivity index (χ3n) is 2.99. The lowest BCUT2D eigenvalue weighted by atomic mass is 10.2. The van der Waals surface area contributed by atoms with Gasteiger partial charge in [0.1, 0.15) is 12.4 Å². The Bertz CT molecular complexity index is 585. The summed E-state index contributed by atoms with van der Waals surface area (Å²) in [6, 6.07) is 10.6. The van der Waals surface area contributed by atoms with Gasteiger partial charge in [-0.3, -0.25) is 4.68 Å². The molecule has 1 heterocycles. The van der Waals surface area contributed by atoms with Crippen LogP contribution in [-0.2, 0) is 0 Å². The Morgan fingerprint density at radius 2 is 1.95 bits per heavy atom. The van der Waals surface area contributed by atoms with Crippen LogP contribution in [0.2, 0.25) is 0 Å². The van der Waals surface area contributed by atoms with E-state index in [0.29, 0.717) is 18.9 Å². The number of carboxylic acids is 1. The first kappa shape index (κ1) is 14.0. The molecular weight excluding hydrogens is 256 g/mol. The van der Waals surface area contributed by atoms with Gasteiger partial charge in [-0.15, -0.1) is 0 Å². The number of aromatic carboxylic acids is 1. The van der Waals surface area contributed by atoms with Crippen LogP contribution >= 0.6 is 0 Å². The Balaban J connectivity index is 1.84. The van der Waals surface area contributed by atoms with Gasteiger partial charge in [0.15, 0.2) is 0 Å². The Morgan fingerprint density at radius 3 is 2.60 bits per heavy atom. The van der Waals surface area contributed by atoms with Gasteiger partial charge in [-0.25, -0.2) is 4.79 Å². The standard InChI is InChI=1S/C15H18N2O3/c1-11-6-7-12(2)17(11)16-8-9-20-14-5-3-4-13(10-14)15(18)19/h3-7,10,16H,8-9H2,1-2H3,(H,18,19). The van der Waals surface area contributed by atoms with Crippen LogP contribution in [0.25, 0.3) is 0 Å². The Morgan fingerprint density at radius 1 is 1.25 bits per heavy atom. The van der Waals surface area contributed by atoms with Crippen molar-refractivity contribution in [3.05, 3.63) is 53.3 Å². The van der Waals surface area contributed by atoms with Gasteiger partial charge in [-0.1, -0.05) is 6.07 Å². The summed E-state index contributed by atoms with van der Waals surface area (Å²) in [6.45, 7) is 5.14. The minimum atomic E-state index is -0.952. The maximum Gasteiger partial charge on any atom is 0.335 e. The molecule has 0 bridgehead atoms. The molecule has 2 N–H and O–H groups in total. The molecule has 0 unspecified atom stereocenters. The zero-order valence-corrected chi connectivity index (χ0v) is 11.6. The van der Waals surface area contributed by atoms with E-state index < -0.39 is 5.97 Å². The molecule has 0 saturated carbocycles. The van der Waals surface area contributed by atoms with Crippen LogP contribution in [-0.4, -0.2) is 28.9 Å². The van der Waals surface area contributed by atoms with Gasteiger partial charge in [0, 0.05) is 11.4 Å². The fourth-order valence-electron chi connectivity index (χ4n) is 1.96. The number of carboxylic acid groups (broad SMARTS) is 1. The van der Waals surface area contributed by atoms with E-state index in [1.807, 2.05) is 30.7 Å². The van der Waals surface area contributed by atoms with Crippen molar-refractivity contribution in [1.29, 1.82) is 0 Å². The first-order valence-corrected chi connectivity index (χ1v) is 6.43. The molecule has 0 aliphatic heterocycles. The summed E-state index contributed by atoms with van der Waals surface area (Å²) in [5, 5.41) is 8.90. The van der Waals surface area contributed by atoms with Gasteiger partial charge in [0.25, 0.3) is 0 Å². The minimum Gasteiger partial charge on any atom is -0.492 e. The fraction of sp³-hybridized carbons (Fsp3) is 0.267. The molecule has 0 aliphatic rings. The molecule has 0 saturated heterocycles. The third-order valence-corrected chi connectivity index (χ3v) is 2.99. The van der Waals surface area contributed by atoms with E-state index >= 15 is 0 Å². The van der Waals surface area contributed by atoms with Crippen molar-refractivity contribution in [2.75, 3.05) is 18.6 Å². The summed E-state index contributed by atoms with van der Waals surface area (Å²) in [5.41, 5.74) is 5.74. The molecule has 2 rings (SSSR count). The summed E-state index contributed by atoms with van der Waals surface area (Å²) >= 11 is 0. The van der Waals surface area contributed by atoms with Crippen LogP contribution in [0.4, 0.5) is 0 Å². The molecule has 0 spiro atoms. The zero-order chi connectivity index (χ0) is 14.5.